The van der Waals surface area contributed by atoms with Crippen molar-refractivity contribution in [2.45, 2.75) is 56.9 Å². The lowest BCUT2D eigenvalue weighted by atomic mass is 9.67. The molecule has 0 aromatic heterocycles. The maximum atomic E-state index is 12.9. The van der Waals surface area contributed by atoms with Crippen LogP contribution in [0.25, 0.3) is 0 Å². The molecule has 1 aliphatic carbocycles. The number of carbonyl (C=O) groups excluding carboxylic acids is 2. The van der Waals surface area contributed by atoms with Crippen LogP contribution in [0.3, 0.4) is 0 Å². The lowest BCUT2D eigenvalue weighted by molar-refractivity contribution is -0.130. The van der Waals surface area contributed by atoms with Crippen LogP contribution < -0.4 is 4.74 Å². The molecule has 3 aliphatic rings. The number of imide groups is 1. The van der Waals surface area contributed by atoms with Gasteiger partial charge in [-0.2, -0.15) is 0 Å². The van der Waals surface area contributed by atoms with Gasteiger partial charge >= 0.3 is 6.09 Å². The fourth-order valence-corrected chi connectivity index (χ4v) is 4.58. The molecule has 0 N–H and O–H groups in total. The van der Waals surface area contributed by atoms with Crippen LogP contribution >= 0.6 is 0 Å². The van der Waals surface area contributed by atoms with Crippen molar-refractivity contribution in [2.24, 2.45) is 5.92 Å². The predicted molar refractivity (Wildman–Crippen MR) is 92.8 cm³/mol. The second-order valence-electron chi connectivity index (χ2n) is 7.96. The van der Waals surface area contributed by atoms with Gasteiger partial charge in [0.1, 0.15) is 12.4 Å². The molecule has 2 amide bonds. The minimum atomic E-state index is -2.50. The summed E-state index contributed by atoms with van der Waals surface area (Å²) >= 11 is 0. The monoisotopic (exact) mass is 379 g/mol. The van der Waals surface area contributed by atoms with Crippen molar-refractivity contribution in [3.63, 3.8) is 0 Å². The highest BCUT2D eigenvalue weighted by molar-refractivity contribution is 5.93. The molecule has 27 heavy (non-hydrogen) atoms. The predicted octanol–water partition coefficient (Wildman–Crippen LogP) is 4.20. The number of benzene rings is 1. The van der Waals surface area contributed by atoms with E-state index in [9.17, 15) is 18.4 Å². The number of ether oxygens (including phenoxy) is 2. The van der Waals surface area contributed by atoms with E-state index in [4.69, 9.17) is 9.47 Å². The Bertz CT molecular complexity index is 758. The van der Waals surface area contributed by atoms with Crippen LogP contribution in [-0.2, 0) is 14.9 Å². The molecule has 1 saturated carbocycles. The molecular formula is C20H23F2NO4. The summed E-state index contributed by atoms with van der Waals surface area (Å²) in [6.45, 7) is 2.57. The highest BCUT2D eigenvalue weighted by Gasteiger charge is 2.44. The van der Waals surface area contributed by atoms with Crippen molar-refractivity contribution in [3.8, 4) is 5.75 Å². The van der Waals surface area contributed by atoms with Crippen molar-refractivity contribution in [1.82, 2.24) is 4.90 Å². The Balaban J connectivity index is 1.40. The molecule has 7 heteroatoms. The Labute approximate surface area is 156 Å². The van der Waals surface area contributed by atoms with Gasteiger partial charge in [0.05, 0.1) is 12.6 Å². The Morgan fingerprint density at radius 3 is 2.67 bits per heavy atom. The zero-order chi connectivity index (χ0) is 19.2. The van der Waals surface area contributed by atoms with E-state index in [2.05, 4.69) is 0 Å². The van der Waals surface area contributed by atoms with Gasteiger partial charge in [0.15, 0.2) is 0 Å². The molecular weight excluding hydrogens is 356 g/mol. The van der Waals surface area contributed by atoms with Crippen molar-refractivity contribution in [3.05, 3.63) is 29.3 Å². The van der Waals surface area contributed by atoms with Gasteiger partial charge in [-0.1, -0.05) is 12.1 Å². The van der Waals surface area contributed by atoms with Crippen molar-refractivity contribution in [1.29, 1.82) is 0 Å². The van der Waals surface area contributed by atoms with Crippen molar-refractivity contribution >= 4 is 12.0 Å². The minimum absolute atomic E-state index is 0.0169. The SMILES string of the molecule is C[C@H]1COC(=O)N1C(=O)C[C@H]1CC[C@@]2(CC1)COc1cc(C(F)F)ccc12. The Kier molecular flexibility index (Phi) is 4.56. The number of fused-ring (bicyclic) bond motifs is 2. The van der Waals surface area contributed by atoms with Gasteiger partial charge in [-0.25, -0.2) is 18.5 Å². The average molecular weight is 379 g/mol. The first-order chi connectivity index (χ1) is 12.9. The number of rotatable bonds is 3. The first-order valence-corrected chi connectivity index (χ1v) is 9.44. The van der Waals surface area contributed by atoms with Gasteiger partial charge in [0, 0.05) is 23.0 Å². The summed E-state index contributed by atoms with van der Waals surface area (Å²) in [4.78, 5) is 25.4. The van der Waals surface area contributed by atoms with Gasteiger partial charge in [0.2, 0.25) is 5.91 Å². The minimum Gasteiger partial charge on any atom is -0.492 e. The lowest BCUT2D eigenvalue weighted by Gasteiger charge is -2.36. The molecule has 2 aliphatic heterocycles. The van der Waals surface area contributed by atoms with Crippen LogP contribution in [0, 0.1) is 5.92 Å². The average Bonchev–Trinajstić information content (AvgIpc) is 3.17. The normalized spacial score (nSPS) is 29.8. The molecule has 0 radical (unpaired) electrons. The number of cyclic esters (lactones) is 1. The van der Waals surface area contributed by atoms with E-state index >= 15 is 0 Å². The van der Waals surface area contributed by atoms with Crippen LogP contribution in [0.2, 0.25) is 0 Å². The summed E-state index contributed by atoms with van der Waals surface area (Å²) < 4.78 is 36.5. The van der Waals surface area contributed by atoms with Gasteiger partial charge in [-0.15, -0.1) is 0 Å². The van der Waals surface area contributed by atoms with E-state index in [0.717, 1.165) is 31.2 Å². The smallest absolute Gasteiger partial charge is 0.416 e. The summed E-state index contributed by atoms with van der Waals surface area (Å²) in [5.41, 5.74) is 0.847. The first-order valence-electron chi connectivity index (χ1n) is 9.44. The van der Waals surface area contributed by atoms with E-state index in [1.54, 1.807) is 13.0 Å². The number of alkyl halides is 2. The fourth-order valence-electron chi connectivity index (χ4n) is 4.58. The van der Waals surface area contributed by atoms with E-state index in [0.29, 0.717) is 18.8 Å². The number of hydrogen-bond acceptors (Lipinski definition) is 4. The zero-order valence-electron chi connectivity index (χ0n) is 15.2. The van der Waals surface area contributed by atoms with Crippen molar-refractivity contribution in [2.75, 3.05) is 13.2 Å². The van der Waals surface area contributed by atoms with Gasteiger partial charge in [-0.05, 0) is 44.6 Å². The molecule has 1 saturated heterocycles. The fraction of sp³-hybridized carbons (Fsp3) is 0.600. The van der Waals surface area contributed by atoms with E-state index in [1.807, 2.05) is 0 Å². The molecule has 0 bridgehead atoms. The van der Waals surface area contributed by atoms with Gasteiger partial charge in [0.25, 0.3) is 6.43 Å². The van der Waals surface area contributed by atoms with Gasteiger partial charge in [-0.3, -0.25) is 4.79 Å². The molecule has 1 aromatic carbocycles. The van der Waals surface area contributed by atoms with E-state index in [1.165, 1.54) is 17.0 Å². The Morgan fingerprint density at radius 2 is 2.04 bits per heavy atom. The Morgan fingerprint density at radius 1 is 1.30 bits per heavy atom. The topological polar surface area (TPSA) is 55.8 Å². The third-order valence-electron chi connectivity index (χ3n) is 6.21. The summed E-state index contributed by atoms with van der Waals surface area (Å²) in [6.07, 6.45) is 0.695. The number of nitrogens with zero attached hydrogens (tertiary/aromatic N) is 1. The van der Waals surface area contributed by atoms with Crippen molar-refractivity contribution < 1.29 is 27.8 Å². The summed E-state index contributed by atoms with van der Waals surface area (Å²) in [5.74, 6) is 0.611. The maximum Gasteiger partial charge on any atom is 0.416 e. The first kappa shape index (κ1) is 18.2. The molecule has 2 fully saturated rings. The summed E-state index contributed by atoms with van der Waals surface area (Å²) in [6, 6.07) is 4.50. The Hall–Kier alpha value is -2.18. The molecule has 146 valence electrons. The van der Waals surface area contributed by atoms with Crippen LogP contribution in [0.1, 0.15) is 56.6 Å². The highest BCUT2D eigenvalue weighted by Crippen LogP contribution is 2.50. The lowest BCUT2D eigenvalue weighted by Crippen LogP contribution is -2.39. The highest BCUT2D eigenvalue weighted by atomic mass is 19.3. The summed E-state index contributed by atoms with van der Waals surface area (Å²) in [5, 5.41) is 0. The van der Waals surface area contributed by atoms with E-state index in [-0.39, 0.29) is 35.5 Å². The standard InChI is InChI=1S/C20H23F2NO4/c1-12-10-26-19(25)23(12)17(24)8-13-4-6-20(7-5-13)11-27-16-9-14(18(21)22)2-3-15(16)20/h2-3,9,12-13,18H,4-8,10-11H2,1H3/t12-,13-,20+/m0/s1. The number of halogens is 2. The zero-order valence-corrected chi connectivity index (χ0v) is 15.2. The molecule has 1 spiro atoms. The van der Waals surface area contributed by atoms with Gasteiger partial charge < -0.3 is 9.47 Å². The molecule has 5 nitrogen and oxygen atoms in total. The quantitative estimate of drug-likeness (QED) is 0.790. The number of hydrogen-bond donors (Lipinski definition) is 0. The van der Waals surface area contributed by atoms with Crippen LogP contribution in [0.15, 0.2) is 18.2 Å². The molecule has 1 aromatic rings. The second kappa shape index (κ2) is 6.77. The maximum absolute atomic E-state index is 12.9. The number of amides is 2. The van der Waals surface area contributed by atoms with Crippen LogP contribution in [0.4, 0.5) is 13.6 Å². The molecule has 0 unspecified atom stereocenters. The second-order valence-corrected chi connectivity index (χ2v) is 7.96. The van der Waals surface area contributed by atoms with Crippen LogP contribution in [-0.4, -0.2) is 36.2 Å². The molecule has 1 atom stereocenters. The third kappa shape index (κ3) is 3.17. The third-order valence-corrected chi connectivity index (χ3v) is 6.21. The van der Waals surface area contributed by atoms with Crippen LogP contribution in [0.5, 0.6) is 5.75 Å². The summed E-state index contributed by atoms with van der Waals surface area (Å²) in [7, 11) is 0. The largest absolute Gasteiger partial charge is 0.492 e. The van der Waals surface area contributed by atoms with E-state index < -0.39 is 12.5 Å². The molecule has 4 rings (SSSR count). The molecule has 2 heterocycles. The number of carbonyl (C=O) groups is 2.